The number of nitrogens with zero attached hydrogens (tertiary/aromatic N) is 2. The Hall–Kier alpha value is -1.58. The minimum Gasteiger partial charge on any atom is -0.362 e. The predicted octanol–water partition coefficient (Wildman–Crippen LogP) is 7.27. The Labute approximate surface area is 169 Å². The number of anilines is 1. The van der Waals surface area contributed by atoms with Crippen molar-refractivity contribution >= 4 is 50.7 Å². The fourth-order valence-corrected chi connectivity index (χ4v) is 3.99. The maximum Gasteiger partial charge on any atom is 0.0630 e. The summed E-state index contributed by atoms with van der Waals surface area (Å²) < 4.78 is 1.04. The lowest BCUT2D eigenvalue weighted by atomic mass is 9.88. The SMILES string of the molecule is CCCN1c2cc(Cl)c(C=Nc3ccc(Br)cc3)cc2C(C)=CC1(C)C. The first-order valence-corrected chi connectivity index (χ1v) is 10.1. The van der Waals surface area contributed by atoms with Gasteiger partial charge in [0.05, 0.1) is 16.2 Å². The third kappa shape index (κ3) is 3.89. The molecule has 0 radical (unpaired) electrons. The summed E-state index contributed by atoms with van der Waals surface area (Å²) in [6.07, 6.45) is 5.29. The molecule has 0 aliphatic carbocycles. The van der Waals surface area contributed by atoms with E-state index < -0.39 is 0 Å². The molecule has 3 rings (SSSR count). The highest BCUT2D eigenvalue weighted by Crippen LogP contribution is 2.41. The Morgan fingerprint density at radius 1 is 1.19 bits per heavy atom. The highest BCUT2D eigenvalue weighted by atomic mass is 79.9. The molecule has 1 aliphatic rings. The number of aliphatic imine (C=N–C) groups is 1. The third-order valence-corrected chi connectivity index (χ3v) is 5.58. The standard InChI is InChI=1S/C22H24BrClN2/c1-5-10-26-21-12-20(24)16(11-19(21)15(2)13-22(26,3)4)14-25-18-8-6-17(23)7-9-18/h6-9,11-14H,5,10H2,1-4H3. The van der Waals surface area contributed by atoms with Gasteiger partial charge in [0.1, 0.15) is 0 Å². The van der Waals surface area contributed by atoms with Crippen molar-refractivity contribution in [2.45, 2.75) is 39.7 Å². The van der Waals surface area contributed by atoms with Gasteiger partial charge in [-0.25, -0.2) is 0 Å². The van der Waals surface area contributed by atoms with Crippen molar-refractivity contribution in [3.05, 3.63) is 63.1 Å². The molecule has 2 nitrogen and oxygen atoms in total. The number of hydrogen-bond acceptors (Lipinski definition) is 2. The zero-order valence-corrected chi connectivity index (χ0v) is 18.0. The minimum atomic E-state index is -0.0105. The largest absolute Gasteiger partial charge is 0.362 e. The summed E-state index contributed by atoms with van der Waals surface area (Å²) in [4.78, 5) is 7.01. The summed E-state index contributed by atoms with van der Waals surface area (Å²) in [5, 5.41) is 0.733. The van der Waals surface area contributed by atoms with E-state index in [2.05, 4.69) is 71.7 Å². The van der Waals surface area contributed by atoms with Crippen LogP contribution in [-0.4, -0.2) is 18.3 Å². The van der Waals surface area contributed by atoms with Gasteiger partial charge in [0.25, 0.3) is 0 Å². The van der Waals surface area contributed by atoms with Crippen LogP contribution in [0.25, 0.3) is 5.57 Å². The van der Waals surface area contributed by atoms with E-state index in [1.54, 1.807) is 0 Å². The van der Waals surface area contributed by atoms with Gasteiger partial charge in [-0.2, -0.15) is 0 Å². The van der Waals surface area contributed by atoms with Crippen LogP contribution >= 0.6 is 27.5 Å². The van der Waals surface area contributed by atoms with Crippen molar-refractivity contribution in [3.63, 3.8) is 0 Å². The molecule has 0 amide bonds. The molecule has 0 atom stereocenters. The highest BCUT2D eigenvalue weighted by molar-refractivity contribution is 9.10. The minimum absolute atomic E-state index is 0.0105. The first kappa shape index (κ1) is 19.2. The Kier molecular flexibility index (Phi) is 5.59. The van der Waals surface area contributed by atoms with Crippen LogP contribution in [0.2, 0.25) is 5.02 Å². The van der Waals surface area contributed by atoms with Gasteiger partial charge in [-0.3, -0.25) is 4.99 Å². The molecule has 0 saturated carbocycles. The monoisotopic (exact) mass is 430 g/mol. The van der Waals surface area contributed by atoms with Crippen LogP contribution in [0.15, 0.2) is 51.9 Å². The first-order valence-electron chi connectivity index (χ1n) is 8.92. The Morgan fingerprint density at radius 3 is 2.54 bits per heavy atom. The van der Waals surface area contributed by atoms with Crippen LogP contribution < -0.4 is 4.90 Å². The van der Waals surface area contributed by atoms with E-state index in [1.165, 1.54) is 16.8 Å². The molecular formula is C22H24BrClN2. The van der Waals surface area contributed by atoms with Crippen molar-refractivity contribution in [2.24, 2.45) is 4.99 Å². The second kappa shape index (κ2) is 7.58. The van der Waals surface area contributed by atoms with Gasteiger partial charge in [-0.15, -0.1) is 0 Å². The van der Waals surface area contributed by atoms with Crippen LogP contribution in [0, 0.1) is 0 Å². The average Bonchev–Trinajstić information content (AvgIpc) is 2.58. The molecule has 1 aliphatic heterocycles. The molecule has 0 N–H and O–H groups in total. The summed E-state index contributed by atoms with van der Waals surface area (Å²) in [6.45, 7) is 9.90. The molecule has 0 unspecified atom stereocenters. The summed E-state index contributed by atoms with van der Waals surface area (Å²) in [5.74, 6) is 0. The molecular weight excluding hydrogens is 408 g/mol. The Bertz CT molecular complexity index is 866. The van der Waals surface area contributed by atoms with E-state index in [0.29, 0.717) is 0 Å². The quantitative estimate of drug-likeness (QED) is 0.465. The van der Waals surface area contributed by atoms with E-state index in [-0.39, 0.29) is 5.54 Å². The maximum atomic E-state index is 6.61. The van der Waals surface area contributed by atoms with Crippen molar-refractivity contribution in [1.82, 2.24) is 0 Å². The molecule has 0 bridgehead atoms. The van der Waals surface area contributed by atoms with Gasteiger partial charge < -0.3 is 4.90 Å². The fraction of sp³-hybridized carbons (Fsp3) is 0.318. The molecule has 0 spiro atoms. The van der Waals surface area contributed by atoms with Crippen LogP contribution in [-0.2, 0) is 0 Å². The summed E-state index contributed by atoms with van der Waals surface area (Å²) in [6, 6.07) is 12.2. The number of fused-ring (bicyclic) bond motifs is 1. The topological polar surface area (TPSA) is 15.6 Å². The van der Waals surface area contributed by atoms with Crippen LogP contribution in [0.3, 0.4) is 0 Å². The van der Waals surface area contributed by atoms with Crippen molar-refractivity contribution < 1.29 is 0 Å². The van der Waals surface area contributed by atoms with Crippen molar-refractivity contribution in [2.75, 3.05) is 11.4 Å². The van der Waals surface area contributed by atoms with Gasteiger partial charge in [0, 0.05) is 34.0 Å². The molecule has 136 valence electrons. The van der Waals surface area contributed by atoms with Gasteiger partial charge >= 0.3 is 0 Å². The van der Waals surface area contributed by atoms with Gasteiger partial charge in [-0.1, -0.05) is 40.5 Å². The number of rotatable bonds is 4. The Morgan fingerprint density at radius 2 is 1.88 bits per heavy atom. The molecule has 0 fully saturated rings. The molecule has 2 aromatic rings. The second-order valence-electron chi connectivity index (χ2n) is 7.26. The van der Waals surface area contributed by atoms with Crippen molar-refractivity contribution in [1.29, 1.82) is 0 Å². The van der Waals surface area contributed by atoms with E-state index in [0.717, 1.165) is 33.7 Å². The second-order valence-corrected chi connectivity index (χ2v) is 8.58. The fourth-order valence-electron chi connectivity index (χ4n) is 3.52. The van der Waals surface area contributed by atoms with Gasteiger partial charge in [0.2, 0.25) is 0 Å². The average molecular weight is 432 g/mol. The summed E-state index contributed by atoms with van der Waals surface area (Å²) >= 11 is 10.1. The molecule has 0 saturated heterocycles. The Balaban J connectivity index is 2.01. The number of allylic oxidation sites excluding steroid dienone is 1. The van der Waals surface area contributed by atoms with Crippen LogP contribution in [0.1, 0.15) is 45.2 Å². The zero-order valence-electron chi connectivity index (χ0n) is 15.7. The van der Waals surface area contributed by atoms with E-state index >= 15 is 0 Å². The van der Waals surface area contributed by atoms with Gasteiger partial charge in [-0.05, 0) is 69.2 Å². The van der Waals surface area contributed by atoms with Crippen LogP contribution in [0.4, 0.5) is 11.4 Å². The maximum absolute atomic E-state index is 6.61. The molecule has 1 heterocycles. The van der Waals surface area contributed by atoms with Gasteiger partial charge in [0.15, 0.2) is 0 Å². The zero-order chi connectivity index (χ0) is 18.9. The number of benzene rings is 2. The normalized spacial score (nSPS) is 15.9. The lowest BCUT2D eigenvalue weighted by Gasteiger charge is -2.43. The summed E-state index contributed by atoms with van der Waals surface area (Å²) in [7, 11) is 0. The molecule has 26 heavy (non-hydrogen) atoms. The smallest absolute Gasteiger partial charge is 0.0630 e. The highest BCUT2D eigenvalue weighted by Gasteiger charge is 2.31. The first-order chi connectivity index (χ1) is 12.3. The predicted molar refractivity (Wildman–Crippen MR) is 118 cm³/mol. The van der Waals surface area contributed by atoms with E-state index in [9.17, 15) is 0 Å². The van der Waals surface area contributed by atoms with E-state index in [1.807, 2.05) is 30.5 Å². The lowest BCUT2D eigenvalue weighted by molar-refractivity contribution is 0.550. The number of hydrogen-bond donors (Lipinski definition) is 0. The molecule has 4 heteroatoms. The third-order valence-electron chi connectivity index (χ3n) is 4.72. The lowest BCUT2D eigenvalue weighted by Crippen LogP contribution is -2.45. The van der Waals surface area contributed by atoms with Crippen LogP contribution in [0.5, 0.6) is 0 Å². The molecule has 2 aromatic carbocycles. The number of halogens is 2. The van der Waals surface area contributed by atoms with E-state index in [4.69, 9.17) is 11.6 Å². The molecule has 0 aromatic heterocycles. The van der Waals surface area contributed by atoms with Crippen molar-refractivity contribution in [3.8, 4) is 0 Å². The summed E-state index contributed by atoms with van der Waals surface area (Å²) in [5.41, 5.74) is 5.57.